The third kappa shape index (κ3) is 2.22. The van der Waals surface area contributed by atoms with E-state index in [0.717, 1.165) is 0 Å². The van der Waals surface area contributed by atoms with Gasteiger partial charge >= 0.3 is 0 Å². The Morgan fingerprint density at radius 3 is 2.89 bits per heavy atom. The highest BCUT2D eigenvalue weighted by Gasteiger charge is 2.19. The second-order valence-electron chi connectivity index (χ2n) is 4.23. The Hall–Kier alpha value is -1.88. The number of aliphatic hydroxyl groups is 1. The van der Waals surface area contributed by atoms with Crippen LogP contribution in [0.2, 0.25) is 0 Å². The molecule has 0 radical (unpaired) electrons. The van der Waals surface area contributed by atoms with E-state index >= 15 is 0 Å². The maximum absolute atomic E-state index is 13.5. The molecule has 0 aliphatic carbocycles. The van der Waals surface area contributed by atoms with Gasteiger partial charge in [0.2, 0.25) is 0 Å². The van der Waals surface area contributed by atoms with Crippen molar-refractivity contribution in [3.63, 3.8) is 0 Å². The van der Waals surface area contributed by atoms with Crippen molar-refractivity contribution in [2.24, 2.45) is 0 Å². The largest absolute Gasteiger partial charge is 0.448 e. The van der Waals surface area contributed by atoms with Crippen LogP contribution in [0.1, 0.15) is 23.0 Å². The third-order valence-electron chi connectivity index (χ3n) is 2.68. The molecule has 1 aromatic carbocycles. The Kier molecular flexibility index (Phi) is 3.34. The van der Waals surface area contributed by atoms with Gasteiger partial charge in [-0.05, 0) is 19.9 Å². The van der Waals surface area contributed by atoms with Gasteiger partial charge in [-0.15, -0.1) is 0 Å². The van der Waals surface area contributed by atoms with Gasteiger partial charge in [0.25, 0.3) is 5.91 Å². The molecule has 18 heavy (non-hydrogen) atoms. The molecular weight excluding hydrogens is 237 g/mol. The van der Waals surface area contributed by atoms with E-state index < -0.39 is 17.8 Å². The summed E-state index contributed by atoms with van der Waals surface area (Å²) >= 11 is 0. The summed E-state index contributed by atoms with van der Waals surface area (Å²) in [6.07, 6.45) is -0.643. The van der Waals surface area contributed by atoms with Crippen molar-refractivity contribution >= 4 is 16.9 Å². The number of carbonyl (C=O) groups is 1. The fourth-order valence-corrected chi connectivity index (χ4v) is 1.75. The molecule has 5 heteroatoms. The summed E-state index contributed by atoms with van der Waals surface area (Å²) in [5.41, 5.74) is 0.671. The Labute approximate surface area is 103 Å². The van der Waals surface area contributed by atoms with E-state index in [1.54, 1.807) is 26.0 Å². The average molecular weight is 251 g/mol. The first kappa shape index (κ1) is 12.6. The molecule has 1 aromatic heterocycles. The second kappa shape index (κ2) is 4.78. The zero-order valence-electron chi connectivity index (χ0n) is 10.2. The van der Waals surface area contributed by atoms with E-state index in [2.05, 4.69) is 5.32 Å². The molecule has 0 fully saturated rings. The highest BCUT2D eigenvalue weighted by Crippen LogP contribution is 2.27. The lowest BCUT2D eigenvalue weighted by atomic mass is 10.1. The predicted molar refractivity (Wildman–Crippen MR) is 64.9 cm³/mol. The number of nitrogens with one attached hydrogen (secondary N) is 1. The van der Waals surface area contributed by atoms with Crippen LogP contribution >= 0.6 is 0 Å². The summed E-state index contributed by atoms with van der Waals surface area (Å²) in [5, 5.41) is 12.2. The van der Waals surface area contributed by atoms with E-state index in [9.17, 15) is 9.18 Å². The van der Waals surface area contributed by atoms with Crippen molar-refractivity contribution in [2.75, 3.05) is 6.54 Å². The first-order valence-electron chi connectivity index (χ1n) is 5.64. The predicted octanol–water partition coefficient (Wildman–Crippen LogP) is 1.99. The van der Waals surface area contributed by atoms with Gasteiger partial charge < -0.3 is 14.8 Å². The number of halogens is 1. The van der Waals surface area contributed by atoms with Gasteiger partial charge in [0.1, 0.15) is 0 Å². The molecular formula is C13H14FNO3. The van der Waals surface area contributed by atoms with Crippen LogP contribution in [0.5, 0.6) is 0 Å². The minimum absolute atomic E-state index is 0.0794. The molecule has 0 spiro atoms. The highest BCUT2D eigenvalue weighted by atomic mass is 19.1. The quantitative estimate of drug-likeness (QED) is 0.876. The molecule has 96 valence electrons. The Morgan fingerprint density at radius 1 is 1.56 bits per heavy atom. The lowest BCUT2D eigenvalue weighted by Crippen LogP contribution is -2.30. The molecule has 4 nitrogen and oxygen atoms in total. The van der Waals surface area contributed by atoms with Crippen LogP contribution < -0.4 is 5.32 Å². The minimum Gasteiger partial charge on any atom is -0.448 e. The van der Waals surface area contributed by atoms with E-state index in [0.29, 0.717) is 10.9 Å². The zero-order chi connectivity index (χ0) is 13.3. The molecule has 1 amide bonds. The number of furan rings is 1. The molecule has 1 heterocycles. The lowest BCUT2D eigenvalue weighted by molar-refractivity contribution is 0.0897. The van der Waals surface area contributed by atoms with E-state index in [4.69, 9.17) is 9.52 Å². The maximum Gasteiger partial charge on any atom is 0.287 e. The summed E-state index contributed by atoms with van der Waals surface area (Å²) < 4.78 is 18.7. The van der Waals surface area contributed by atoms with Crippen molar-refractivity contribution in [1.29, 1.82) is 0 Å². The monoisotopic (exact) mass is 251 g/mol. The molecule has 0 bridgehead atoms. The Morgan fingerprint density at radius 2 is 2.28 bits per heavy atom. The molecule has 1 atom stereocenters. The molecule has 2 aromatic rings. The van der Waals surface area contributed by atoms with Gasteiger partial charge in [0, 0.05) is 17.5 Å². The van der Waals surface area contributed by atoms with Crippen molar-refractivity contribution in [3.05, 3.63) is 35.3 Å². The summed E-state index contributed by atoms with van der Waals surface area (Å²) in [6.45, 7) is 3.38. The van der Waals surface area contributed by atoms with Gasteiger partial charge in [-0.2, -0.15) is 0 Å². The standard InChI is InChI=1S/C13H14FNO3/c1-7(16)6-15-13(17)11-8(2)9-4-3-5-10(14)12(9)18-11/h3-5,7,16H,6H2,1-2H3,(H,15,17). The topological polar surface area (TPSA) is 62.5 Å². The zero-order valence-corrected chi connectivity index (χ0v) is 10.2. The van der Waals surface area contributed by atoms with Crippen molar-refractivity contribution in [2.45, 2.75) is 20.0 Å². The van der Waals surface area contributed by atoms with Crippen LogP contribution in [0.15, 0.2) is 22.6 Å². The molecule has 2 rings (SSSR count). The number of aryl methyl sites for hydroxylation is 1. The van der Waals surface area contributed by atoms with Crippen molar-refractivity contribution in [1.82, 2.24) is 5.32 Å². The summed E-state index contributed by atoms with van der Waals surface area (Å²) in [4.78, 5) is 11.8. The van der Waals surface area contributed by atoms with E-state index in [-0.39, 0.29) is 17.9 Å². The van der Waals surface area contributed by atoms with E-state index in [1.807, 2.05) is 0 Å². The fourth-order valence-electron chi connectivity index (χ4n) is 1.75. The number of hydrogen-bond acceptors (Lipinski definition) is 3. The number of benzene rings is 1. The van der Waals surface area contributed by atoms with Gasteiger partial charge in [-0.25, -0.2) is 4.39 Å². The Balaban J connectivity index is 2.37. The number of para-hydroxylation sites is 1. The van der Waals surface area contributed by atoms with Crippen LogP contribution in [0.25, 0.3) is 11.0 Å². The number of aliphatic hydroxyl groups excluding tert-OH is 1. The van der Waals surface area contributed by atoms with Crippen LogP contribution in [-0.4, -0.2) is 23.7 Å². The SMILES string of the molecule is Cc1c(C(=O)NCC(C)O)oc2c(F)cccc12. The number of carbonyl (C=O) groups excluding carboxylic acids is 1. The van der Waals surface area contributed by atoms with Crippen molar-refractivity contribution < 1.29 is 18.7 Å². The fraction of sp³-hybridized carbons (Fsp3) is 0.308. The summed E-state index contributed by atoms with van der Waals surface area (Å²) in [7, 11) is 0. The van der Waals surface area contributed by atoms with E-state index in [1.165, 1.54) is 6.07 Å². The summed E-state index contributed by atoms with van der Waals surface area (Å²) in [6, 6.07) is 4.54. The van der Waals surface area contributed by atoms with Crippen molar-refractivity contribution in [3.8, 4) is 0 Å². The highest BCUT2D eigenvalue weighted by molar-refractivity contribution is 5.98. The molecule has 2 N–H and O–H groups in total. The van der Waals surface area contributed by atoms with Crippen LogP contribution in [0.3, 0.4) is 0 Å². The van der Waals surface area contributed by atoms with Crippen LogP contribution in [-0.2, 0) is 0 Å². The van der Waals surface area contributed by atoms with Crippen LogP contribution in [0.4, 0.5) is 4.39 Å². The first-order chi connectivity index (χ1) is 8.50. The molecule has 0 aliphatic heterocycles. The van der Waals surface area contributed by atoms with Gasteiger partial charge in [0.05, 0.1) is 6.10 Å². The molecule has 0 saturated carbocycles. The molecule has 0 aliphatic rings. The van der Waals surface area contributed by atoms with Gasteiger partial charge in [-0.3, -0.25) is 4.79 Å². The lowest BCUT2D eigenvalue weighted by Gasteiger charge is -2.05. The van der Waals surface area contributed by atoms with Crippen LogP contribution in [0, 0.1) is 12.7 Å². The number of fused-ring (bicyclic) bond motifs is 1. The number of hydrogen-bond donors (Lipinski definition) is 2. The second-order valence-corrected chi connectivity index (χ2v) is 4.23. The average Bonchev–Trinajstić information content (AvgIpc) is 2.66. The Bertz CT molecular complexity index is 589. The summed E-state index contributed by atoms with van der Waals surface area (Å²) in [5.74, 6) is -0.870. The molecule has 0 saturated heterocycles. The smallest absolute Gasteiger partial charge is 0.287 e. The minimum atomic E-state index is -0.643. The third-order valence-corrected chi connectivity index (χ3v) is 2.68. The number of rotatable bonds is 3. The number of amides is 1. The van der Waals surface area contributed by atoms with Gasteiger partial charge in [-0.1, -0.05) is 12.1 Å². The molecule has 1 unspecified atom stereocenters. The van der Waals surface area contributed by atoms with Gasteiger partial charge in [0.15, 0.2) is 17.2 Å². The normalized spacial score (nSPS) is 12.7. The first-order valence-corrected chi connectivity index (χ1v) is 5.64. The maximum atomic E-state index is 13.5.